The number of nitrogens with one attached hydrogen (secondary N) is 1. The first-order valence-corrected chi connectivity index (χ1v) is 4.98. The maximum absolute atomic E-state index is 5.86. The standard InChI is InChI=1S/C10H24N2/c1-5-9(2)12-8-6-7-10(3,4)11/h9,12H,5-8,11H2,1-4H3. The number of rotatable bonds is 6. The van der Waals surface area contributed by atoms with Crippen molar-refractivity contribution < 1.29 is 0 Å². The number of nitrogens with two attached hydrogens (primary N) is 1. The van der Waals surface area contributed by atoms with Crippen LogP contribution in [-0.2, 0) is 0 Å². The molecule has 0 fully saturated rings. The molecular formula is C10H24N2. The van der Waals surface area contributed by atoms with Crippen LogP contribution in [0.3, 0.4) is 0 Å². The lowest BCUT2D eigenvalue weighted by Crippen LogP contribution is -2.34. The van der Waals surface area contributed by atoms with Gasteiger partial charge < -0.3 is 11.1 Å². The summed E-state index contributed by atoms with van der Waals surface area (Å²) in [6, 6.07) is 0.644. The molecular weight excluding hydrogens is 148 g/mol. The highest BCUT2D eigenvalue weighted by molar-refractivity contribution is 4.72. The fraction of sp³-hybridized carbons (Fsp3) is 1.00. The summed E-state index contributed by atoms with van der Waals surface area (Å²) in [5.41, 5.74) is 5.85. The molecule has 0 spiro atoms. The largest absolute Gasteiger partial charge is 0.326 e. The van der Waals surface area contributed by atoms with Gasteiger partial charge in [0.25, 0.3) is 0 Å². The van der Waals surface area contributed by atoms with Crippen LogP contribution >= 0.6 is 0 Å². The average molecular weight is 172 g/mol. The molecule has 0 rings (SSSR count). The van der Waals surface area contributed by atoms with E-state index in [-0.39, 0.29) is 5.54 Å². The normalized spacial score (nSPS) is 14.8. The van der Waals surface area contributed by atoms with Crippen LogP contribution < -0.4 is 11.1 Å². The molecule has 0 aliphatic heterocycles. The summed E-state index contributed by atoms with van der Waals surface area (Å²) in [6.07, 6.45) is 3.47. The summed E-state index contributed by atoms with van der Waals surface area (Å²) in [5, 5.41) is 3.45. The third-order valence-electron chi connectivity index (χ3n) is 2.10. The van der Waals surface area contributed by atoms with E-state index in [0.717, 1.165) is 13.0 Å². The Balaban J connectivity index is 3.22. The summed E-state index contributed by atoms with van der Waals surface area (Å²) < 4.78 is 0. The van der Waals surface area contributed by atoms with Gasteiger partial charge in [-0.2, -0.15) is 0 Å². The molecule has 74 valence electrons. The second-order valence-corrected chi connectivity index (χ2v) is 4.36. The zero-order valence-corrected chi connectivity index (χ0v) is 8.98. The van der Waals surface area contributed by atoms with Gasteiger partial charge in [0.1, 0.15) is 0 Å². The molecule has 3 N–H and O–H groups in total. The lowest BCUT2D eigenvalue weighted by atomic mass is 10.0. The topological polar surface area (TPSA) is 38.0 Å². The van der Waals surface area contributed by atoms with Crippen molar-refractivity contribution in [3.63, 3.8) is 0 Å². The third-order valence-corrected chi connectivity index (χ3v) is 2.10. The molecule has 2 heteroatoms. The van der Waals surface area contributed by atoms with Gasteiger partial charge in [0, 0.05) is 11.6 Å². The second kappa shape index (κ2) is 5.55. The summed E-state index contributed by atoms with van der Waals surface area (Å²) in [7, 11) is 0. The van der Waals surface area contributed by atoms with Crippen molar-refractivity contribution in [3.8, 4) is 0 Å². The van der Waals surface area contributed by atoms with Crippen molar-refractivity contribution in [3.05, 3.63) is 0 Å². The van der Waals surface area contributed by atoms with Crippen molar-refractivity contribution in [1.82, 2.24) is 5.32 Å². The van der Waals surface area contributed by atoms with Gasteiger partial charge in [-0.25, -0.2) is 0 Å². The lowest BCUT2D eigenvalue weighted by Gasteiger charge is -2.19. The van der Waals surface area contributed by atoms with E-state index >= 15 is 0 Å². The van der Waals surface area contributed by atoms with Crippen molar-refractivity contribution in [2.75, 3.05) is 6.54 Å². The van der Waals surface area contributed by atoms with Crippen LogP contribution in [-0.4, -0.2) is 18.1 Å². The average Bonchev–Trinajstić information content (AvgIpc) is 1.96. The van der Waals surface area contributed by atoms with E-state index in [1.807, 2.05) is 0 Å². The van der Waals surface area contributed by atoms with Crippen LogP contribution in [0.15, 0.2) is 0 Å². The van der Waals surface area contributed by atoms with Gasteiger partial charge in [-0.3, -0.25) is 0 Å². The smallest absolute Gasteiger partial charge is 0.00975 e. The lowest BCUT2D eigenvalue weighted by molar-refractivity contribution is 0.433. The number of hydrogen-bond donors (Lipinski definition) is 2. The molecule has 0 heterocycles. The highest BCUT2D eigenvalue weighted by atomic mass is 14.9. The maximum atomic E-state index is 5.86. The molecule has 12 heavy (non-hydrogen) atoms. The molecule has 0 saturated heterocycles. The van der Waals surface area contributed by atoms with Crippen LogP contribution in [0.25, 0.3) is 0 Å². The Bertz CT molecular complexity index is 105. The predicted molar refractivity (Wildman–Crippen MR) is 55.3 cm³/mol. The molecule has 0 amide bonds. The minimum atomic E-state index is -0.00284. The van der Waals surface area contributed by atoms with Gasteiger partial charge in [-0.05, 0) is 46.6 Å². The molecule has 0 aromatic rings. The molecule has 0 saturated carbocycles. The Morgan fingerprint density at radius 1 is 1.42 bits per heavy atom. The first kappa shape index (κ1) is 11.9. The fourth-order valence-corrected chi connectivity index (χ4v) is 1.04. The quantitative estimate of drug-likeness (QED) is 0.600. The van der Waals surface area contributed by atoms with E-state index in [2.05, 4.69) is 33.0 Å². The first-order chi connectivity index (χ1) is 5.45. The Kier molecular flexibility index (Phi) is 5.51. The monoisotopic (exact) mass is 172 g/mol. The Hall–Kier alpha value is -0.0800. The van der Waals surface area contributed by atoms with Gasteiger partial charge in [-0.15, -0.1) is 0 Å². The van der Waals surface area contributed by atoms with Crippen molar-refractivity contribution in [1.29, 1.82) is 0 Å². The minimum Gasteiger partial charge on any atom is -0.326 e. The van der Waals surface area contributed by atoms with Gasteiger partial charge in [0.2, 0.25) is 0 Å². The zero-order chi connectivity index (χ0) is 9.61. The maximum Gasteiger partial charge on any atom is 0.00975 e. The van der Waals surface area contributed by atoms with Crippen molar-refractivity contribution >= 4 is 0 Å². The highest BCUT2D eigenvalue weighted by Crippen LogP contribution is 2.05. The minimum absolute atomic E-state index is 0.00284. The first-order valence-electron chi connectivity index (χ1n) is 4.98. The van der Waals surface area contributed by atoms with Gasteiger partial charge in [-0.1, -0.05) is 6.92 Å². The number of hydrogen-bond acceptors (Lipinski definition) is 2. The molecule has 0 bridgehead atoms. The molecule has 0 aliphatic carbocycles. The SMILES string of the molecule is CCC(C)NCCCC(C)(C)N. The second-order valence-electron chi connectivity index (χ2n) is 4.36. The summed E-state index contributed by atoms with van der Waals surface area (Å²) in [5.74, 6) is 0. The van der Waals surface area contributed by atoms with Gasteiger partial charge in [0.05, 0.1) is 0 Å². The van der Waals surface area contributed by atoms with Crippen LogP contribution in [0.1, 0.15) is 47.0 Å². The molecule has 0 aromatic carbocycles. The zero-order valence-electron chi connectivity index (χ0n) is 8.98. The van der Waals surface area contributed by atoms with Crippen LogP contribution in [0.4, 0.5) is 0 Å². The molecule has 0 aromatic heterocycles. The van der Waals surface area contributed by atoms with Crippen molar-refractivity contribution in [2.45, 2.75) is 58.5 Å². The summed E-state index contributed by atoms with van der Waals surface area (Å²) in [4.78, 5) is 0. The van der Waals surface area contributed by atoms with Crippen molar-refractivity contribution in [2.24, 2.45) is 5.73 Å². The van der Waals surface area contributed by atoms with E-state index in [1.54, 1.807) is 0 Å². The van der Waals surface area contributed by atoms with E-state index < -0.39 is 0 Å². The molecule has 0 aliphatic rings. The Morgan fingerprint density at radius 3 is 2.42 bits per heavy atom. The third kappa shape index (κ3) is 8.02. The molecule has 1 unspecified atom stereocenters. The fourth-order valence-electron chi connectivity index (χ4n) is 1.04. The van der Waals surface area contributed by atoms with E-state index in [0.29, 0.717) is 6.04 Å². The summed E-state index contributed by atoms with van der Waals surface area (Å²) in [6.45, 7) is 9.67. The highest BCUT2D eigenvalue weighted by Gasteiger charge is 2.09. The Morgan fingerprint density at radius 2 is 2.00 bits per heavy atom. The van der Waals surface area contributed by atoms with E-state index in [9.17, 15) is 0 Å². The van der Waals surface area contributed by atoms with Crippen LogP contribution in [0.5, 0.6) is 0 Å². The van der Waals surface area contributed by atoms with E-state index in [4.69, 9.17) is 5.73 Å². The Labute approximate surface area is 76.9 Å². The van der Waals surface area contributed by atoms with Crippen LogP contribution in [0, 0.1) is 0 Å². The molecule has 1 atom stereocenters. The van der Waals surface area contributed by atoms with Gasteiger partial charge >= 0.3 is 0 Å². The molecule has 0 radical (unpaired) electrons. The molecule has 2 nitrogen and oxygen atoms in total. The predicted octanol–water partition coefficient (Wildman–Crippen LogP) is 1.89. The van der Waals surface area contributed by atoms with Gasteiger partial charge in [0.15, 0.2) is 0 Å². The van der Waals surface area contributed by atoms with E-state index in [1.165, 1.54) is 12.8 Å². The van der Waals surface area contributed by atoms with Crippen LogP contribution in [0.2, 0.25) is 0 Å². The summed E-state index contributed by atoms with van der Waals surface area (Å²) >= 11 is 0.